The SMILES string of the molecule is C1CCOC1.CCOC(=O)C1CC1(CCCC(C)(C)O)C1CCC2[C@@H](O[Si](C)(C)C(C)(C)C)CCC[C@@]21C.CCOC(=O)C1CC1(CCCC(C)(C)O[Si](C)(C)C)C1CCC2[C@@H](O[Si](C)(C)C(C)(C)C)CCC[C@@]21C. The molecule has 0 radical (unpaired) electrons. The number of esters is 2. The summed E-state index contributed by atoms with van der Waals surface area (Å²) in [4.78, 5) is 26.0. The van der Waals surface area contributed by atoms with E-state index in [1.165, 1.54) is 77.0 Å². The first-order chi connectivity index (χ1) is 34.4. The molecule has 1 heterocycles. The second-order valence-electron chi connectivity index (χ2n) is 31.4. The molecule has 7 rings (SSSR count). The van der Waals surface area contributed by atoms with Crippen molar-refractivity contribution in [3.8, 4) is 0 Å². The summed E-state index contributed by atoms with van der Waals surface area (Å²) in [6, 6.07) is 0. The van der Waals surface area contributed by atoms with Gasteiger partial charge >= 0.3 is 11.9 Å². The van der Waals surface area contributed by atoms with Crippen molar-refractivity contribution in [2.45, 2.75) is 305 Å². The number of ether oxygens (including phenoxy) is 3. The van der Waals surface area contributed by atoms with Crippen molar-refractivity contribution in [2.24, 2.45) is 57.2 Å². The van der Waals surface area contributed by atoms with Crippen molar-refractivity contribution in [3.05, 3.63) is 0 Å². The van der Waals surface area contributed by atoms with Crippen molar-refractivity contribution >= 4 is 36.9 Å². The highest BCUT2D eigenvalue weighted by Crippen LogP contribution is 2.74. The van der Waals surface area contributed by atoms with Crippen LogP contribution in [0.15, 0.2) is 0 Å². The van der Waals surface area contributed by atoms with Gasteiger partial charge in [-0.05, 0) is 246 Å². The van der Waals surface area contributed by atoms with E-state index in [0.29, 0.717) is 49.1 Å². The number of hydrogen-bond donors (Lipinski definition) is 1. The van der Waals surface area contributed by atoms with Crippen LogP contribution in [-0.4, -0.2) is 91.8 Å². The van der Waals surface area contributed by atoms with Crippen LogP contribution in [0.3, 0.4) is 0 Å². The maximum absolute atomic E-state index is 13.1. The summed E-state index contributed by atoms with van der Waals surface area (Å²) in [5.41, 5.74) is -0.0958. The van der Waals surface area contributed by atoms with Crippen LogP contribution in [0.5, 0.6) is 0 Å². The Hall–Kier alpha value is -0.609. The minimum absolute atomic E-state index is 0.0118. The Morgan fingerprint density at radius 1 is 0.573 bits per heavy atom. The van der Waals surface area contributed by atoms with E-state index in [9.17, 15) is 14.7 Å². The van der Waals surface area contributed by atoms with Gasteiger partial charge in [0.05, 0.1) is 36.3 Å². The van der Waals surface area contributed by atoms with E-state index in [1.807, 2.05) is 27.7 Å². The van der Waals surface area contributed by atoms with Crippen molar-refractivity contribution < 1.29 is 42.2 Å². The second kappa shape index (κ2) is 24.5. The third kappa shape index (κ3) is 15.7. The average Bonchev–Trinajstić information content (AvgIpc) is 3.85. The summed E-state index contributed by atoms with van der Waals surface area (Å²) in [5, 5.41) is 10.8. The predicted molar refractivity (Wildman–Crippen MR) is 317 cm³/mol. The zero-order valence-electron chi connectivity index (χ0n) is 52.8. The lowest BCUT2D eigenvalue weighted by molar-refractivity contribution is -0.147. The first-order valence-corrected chi connectivity index (χ1v) is 40.3. The number of carbonyl (C=O) groups excluding carboxylic acids is 2. The largest absolute Gasteiger partial charge is 0.466 e. The van der Waals surface area contributed by atoms with Crippen molar-refractivity contribution in [1.82, 2.24) is 0 Å². The van der Waals surface area contributed by atoms with Crippen LogP contribution in [0.4, 0.5) is 0 Å². The molecular weight excluding hydrogens is 985 g/mol. The summed E-state index contributed by atoms with van der Waals surface area (Å²) in [5.74, 6) is 2.54. The van der Waals surface area contributed by atoms with Gasteiger partial charge in [-0.2, -0.15) is 0 Å². The molecule has 0 aromatic rings. The molecule has 0 aromatic carbocycles. The zero-order valence-corrected chi connectivity index (χ0v) is 55.8. The van der Waals surface area contributed by atoms with E-state index < -0.39 is 30.6 Å². The molecule has 7 aliphatic rings. The van der Waals surface area contributed by atoms with Crippen molar-refractivity contribution in [1.29, 1.82) is 0 Å². The maximum Gasteiger partial charge on any atom is 0.309 e. The number of fused-ring (bicyclic) bond motifs is 2. The quantitative estimate of drug-likeness (QED) is 0.0941. The molecule has 12 atom stereocenters. The van der Waals surface area contributed by atoms with Gasteiger partial charge in [0.25, 0.3) is 0 Å². The summed E-state index contributed by atoms with van der Waals surface area (Å²) in [7, 11) is -5.25. The van der Waals surface area contributed by atoms with Crippen LogP contribution < -0.4 is 0 Å². The van der Waals surface area contributed by atoms with E-state index >= 15 is 0 Å². The number of aliphatic hydroxyl groups is 1. The molecule has 1 aliphatic heterocycles. The second-order valence-corrected chi connectivity index (χ2v) is 45.3. The van der Waals surface area contributed by atoms with Gasteiger partial charge in [0, 0.05) is 25.4 Å². The van der Waals surface area contributed by atoms with Gasteiger partial charge in [-0.15, -0.1) is 0 Å². The van der Waals surface area contributed by atoms with Crippen molar-refractivity contribution in [2.75, 3.05) is 26.4 Å². The molecule has 6 aliphatic carbocycles. The molecule has 12 heteroatoms. The fourth-order valence-corrected chi connectivity index (χ4v) is 20.6. The summed E-state index contributed by atoms with van der Waals surface area (Å²) in [6.45, 7) is 50.7. The monoisotopic (exact) mass is 1100 g/mol. The molecule has 1 saturated heterocycles. The summed E-state index contributed by atoms with van der Waals surface area (Å²) >= 11 is 0. The molecular formula is C63H120O9Si3. The molecule has 0 bridgehead atoms. The van der Waals surface area contributed by atoms with Crippen LogP contribution in [0.25, 0.3) is 0 Å². The van der Waals surface area contributed by atoms with E-state index in [4.69, 9.17) is 27.5 Å². The summed E-state index contributed by atoms with van der Waals surface area (Å²) < 4.78 is 36.8. The molecule has 75 heavy (non-hydrogen) atoms. The topological polar surface area (TPSA) is 110 Å². The Labute approximate surface area is 465 Å². The zero-order chi connectivity index (χ0) is 56.5. The van der Waals surface area contributed by atoms with Gasteiger partial charge in [0.1, 0.15) is 0 Å². The molecule has 0 spiro atoms. The molecule has 1 N–H and O–H groups in total. The lowest BCUT2D eigenvalue weighted by Crippen LogP contribution is -2.50. The molecule has 438 valence electrons. The smallest absolute Gasteiger partial charge is 0.309 e. The Balaban J connectivity index is 0.000000254. The Bertz CT molecular complexity index is 1850. The van der Waals surface area contributed by atoms with Gasteiger partial charge in [0.2, 0.25) is 0 Å². The van der Waals surface area contributed by atoms with E-state index in [0.717, 1.165) is 64.6 Å². The first-order valence-electron chi connectivity index (χ1n) is 31.0. The van der Waals surface area contributed by atoms with Gasteiger partial charge in [-0.25, -0.2) is 0 Å². The average molecular weight is 1110 g/mol. The third-order valence-corrected chi connectivity index (χ3v) is 31.8. The van der Waals surface area contributed by atoms with Gasteiger partial charge in [-0.1, -0.05) is 81.1 Å². The normalized spacial score (nSPS) is 35.1. The van der Waals surface area contributed by atoms with E-state index in [2.05, 4.69) is 115 Å². The number of rotatable bonds is 20. The van der Waals surface area contributed by atoms with Gasteiger partial charge in [0.15, 0.2) is 25.0 Å². The van der Waals surface area contributed by atoms with Gasteiger partial charge < -0.3 is 32.6 Å². The predicted octanol–water partition coefficient (Wildman–Crippen LogP) is 16.9. The van der Waals surface area contributed by atoms with E-state index in [1.54, 1.807) is 0 Å². The minimum atomic E-state index is -1.83. The first kappa shape index (κ1) is 65.2. The molecule has 9 nitrogen and oxygen atoms in total. The fourth-order valence-electron chi connectivity index (χ4n) is 16.0. The Morgan fingerprint density at radius 2 is 0.960 bits per heavy atom. The van der Waals surface area contributed by atoms with Crippen LogP contribution in [0, 0.1) is 57.2 Å². The van der Waals surface area contributed by atoms with Crippen LogP contribution in [0.1, 0.15) is 225 Å². The molecule has 8 unspecified atom stereocenters. The highest BCUT2D eigenvalue weighted by Gasteiger charge is 2.71. The number of hydrogen-bond acceptors (Lipinski definition) is 9. The summed E-state index contributed by atoms with van der Waals surface area (Å²) in [6.07, 6.45) is 23.7. The minimum Gasteiger partial charge on any atom is -0.466 e. The lowest BCUT2D eigenvalue weighted by Gasteiger charge is -2.50. The van der Waals surface area contributed by atoms with Crippen molar-refractivity contribution in [3.63, 3.8) is 0 Å². The Kier molecular flexibility index (Phi) is 21.3. The van der Waals surface area contributed by atoms with Crippen LogP contribution >= 0.6 is 0 Å². The molecule has 7 fully saturated rings. The molecule has 0 aromatic heterocycles. The lowest BCUT2D eigenvalue weighted by atomic mass is 9.59. The highest BCUT2D eigenvalue weighted by molar-refractivity contribution is 6.74. The van der Waals surface area contributed by atoms with Gasteiger partial charge in [-0.3, -0.25) is 9.59 Å². The van der Waals surface area contributed by atoms with Crippen LogP contribution in [0.2, 0.25) is 55.9 Å². The molecule has 6 saturated carbocycles. The van der Waals surface area contributed by atoms with E-state index in [-0.39, 0.29) is 61.1 Å². The number of carbonyl (C=O) groups is 2. The maximum atomic E-state index is 13.1. The highest BCUT2D eigenvalue weighted by atomic mass is 28.4. The molecule has 0 amide bonds. The fraction of sp³-hybridized carbons (Fsp3) is 0.968. The Morgan fingerprint density at radius 3 is 1.28 bits per heavy atom. The standard InChI is InChI=1S/C31H60O4Si2.C28H52O4Si.C4H8O/c1-13-33-27(32)24-22-31(24,21-15-19-29(5,6)35-36(8,9)10)26-18-17-23-25(16-14-20-30(23,26)7)34-37(11,12)28(2,3)4;1-10-31-24(29)21-19-28(21,18-12-16-26(5,6)30)23-15-14-20-22(13-11-17-27(20,23)7)32-33(8,9)25(2,3)4;1-2-4-5-3-1/h23-26H,13-22H2,1-12H3;20-23,30H,10-19H2,1-9H3;1-4H2/t23?,24?,25-,26?,30-,31?;20?,21?,22-,23?,27-,28?;/m00./s1. The third-order valence-electron chi connectivity index (χ3n) is 21.7. The van der Waals surface area contributed by atoms with Crippen LogP contribution in [-0.2, 0) is 37.1 Å².